The molecule has 0 bridgehead atoms. The molecule has 0 amide bonds. The van der Waals surface area contributed by atoms with Crippen molar-refractivity contribution in [2.24, 2.45) is 0 Å². The second-order valence-corrected chi connectivity index (χ2v) is 5.01. The van der Waals surface area contributed by atoms with Gasteiger partial charge in [-0.15, -0.1) is 0 Å². The predicted octanol–water partition coefficient (Wildman–Crippen LogP) is 3.55. The summed E-state index contributed by atoms with van der Waals surface area (Å²) < 4.78 is 0. The monoisotopic (exact) mass is 247 g/mol. The Bertz CT molecular complexity index is 381. The molecule has 0 N–H and O–H groups in total. The molecule has 0 aliphatic carbocycles. The average Bonchev–Trinajstić information content (AvgIpc) is 2.38. The lowest BCUT2D eigenvalue weighted by Crippen LogP contribution is -2.43. The number of nitrogens with zero attached hydrogens (tertiary/aromatic N) is 1. The van der Waals surface area contributed by atoms with Gasteiger partial charge in [-0.05, 0) is 39.3 Å². The molecule has 0 heterocycles. The number of carbonyl (C=O) groups is 1. The van der Waals surface area contributed by atoms with Crippen LogP contribution in [0.2, 0.25) is 0 Å². The quantitative estimate of drug-likeness (QED) is 0.716. The van der Waals surface area contributed by atoms with Crippen molar-refractivity contribution in [3.05, 3.63) is 35.4 Å². The molecule has 18 heavy (non-hydrogen) atoms. The summed E-state index contributed by atoms with van der Waals surface area (Å²) in [6, 6.07) is 8.33. The summed E-state index contributed by atoms with van der Waals surface area (Å²) in [6.45, 7) is 11.4. The van der Waals surface area contributed by atoms with Crippen LogP contribution >= 0.6 is 0 Å². The number of Topliss-reactive ketones (excluding diaryl/α,β-unsaturated/α-hetero) is 1. The van der Waals surface area contributed by atoms with Gasteiger partial charge in [0.15, 0.2) is 5.78 Å². The summed E-state index contributed by atoms with van der Waals surface area (Å²) in [4.78, 5) is 14.6. The van der Waals surface area contributed by atoms with Crippen LogP contribution in [0.25, 0.3) is 0 Å². The third kappa shape index (κ3) is 3.42. The van der Waals surface area contributed by atoms with Gasteiger partial charge in [-0.1, -0.05) is 38.1 Å². The van der Waals surface area contributed by atoms with Crippen LogP contribution in [-0.4, -0.2) is 29.3 Å². The first-order valence-corrected chi connectivity index (χ1v) is 6.90. The Kier molecular flexibility index (Phi) is 5.54. The van der Waals surface area contributed by atoms with Gasteiger partial charge >= 0.3 is 0 Å². The number of ketones is 1. The third-order valence-corrected chi connectivity index (χ3v) is 3.55. The molecule has 0 saturated heterocycles. The van der Waals surface area contributed by atoms with Gasteiger partial charge < -0.3 is 0 Å². The van der Waals surface area contributed by atoms with E-state index in [1.807, 2.05) is 31.2 Å². The molecule has 1 atom stereocenters. The lowest BCUT2D eigenvalue weighted by atomic mass is 10.0. The Labute approximate surface area is 111 Å². The molecule has 2 heteroatoms. The number of hydrogen-bond donors (Lipinski definition) is 0. The Hall–Kier alpha value is -1.15. The predicted molar refractivity (Wildman–Crippen MR) is 77.1 cm³/mol. The number of hydrogen-bond acceptors (Lipinski definition) is 2. The van der Waals surface area contributed by atoms with E-state index >= 15 is 0 Å². The smallest absolute Gasteiger partial charge is 0.179 e. The molecule has 0 fully saturated rings. The van der Waals surface area contributed by atoms with Gasteiger partial charge in [0.1, 0.15) is 0 Å². The van der Waals surface area contributed by atoms with Crippen molar-refractivity contribution in [3.63, 3.8) is 0 Å². The second-order valence-electron chi connectivity index (χ2n) is 5.01. The maximum Gasteiger partial charge on any atom is 0.179 e. The van der Waals surface area contributed by atoms with Gasteiger partial charge in [-0.3, -0.25) is 9.69 Å². The summed E-state index contributed by atoms with van der Waals surface area (Å²) in [5.41, 5.74) is 2.09. The van der Waals surface area contributed by atoms with Crippen molar-refractivity contribution in [2.75, 3.05) is 6.54 Å². The first-order chi connectivity index (χ1) is 8.51. The number of benzene rings is 1. The summed E-state index contributed by atoms with van der Waals surface area (Å²) in [6.07, 6.45) is 1.01. The molecular formula is C16H25NO. The zero-order valence-corrected chi connectivity index (χ0v) is 12.2. The van der Waals surface area contributed by atoms with Crippen molar-refractivity contribution in [3.8, 4) is 0 Å². The third-order valence-electron chi connectivity index (χ3n) is 3.55. The minimum Gasteiger partial charge on any atom is -0.292 e. The lowest BCUT2D eigenvalue weighted by Gasteiger charge is -2.30. The number of carbonyl (C=O) groups excluding carboxylic acids is 1. The van der Waals surface area contributed by atoms with E-state index in [1.165, 1.54) is 5.56 Å². The van der Waals surface area contributed by atoms with Gasteiger partial charge in [0, 0.05) is 11.6 Å². The van der Waals surface area contributed by atoms with Crippen LogP contribution in [0, 0.1) is 0 Å². The lowest BCUT2D eigenvalue weighted by molar-refractivity contribution is 0.0800. The molecule has 1 aromatic rings. The topological polar surface area (TPSA) is 20.3 Å². The van der Waals surface area contributed by atoms with Crippen molar-refractivity contribution < 1.29 is 4.79 Å². The van der Waals surface area contributed by atoms with Gasteiger partial charge in [0.25, 0.3) is 0 Å². The highest BCUT2D eigenvalue weighted by molar-refractivity contribution is 5.99. The zero-order valence-electron chi connectivity index (χ0n) is 12.2. The molecule has 0 aliphatic heterocycles. The average molecular weight is 247 g/mol. The van der Waals surface area contributed by atoms with Crippen LogP contribution in [-0.2, 0) is 6.42 Å². The molecule has 1 aromatic carbocycles. The Balaban J connectivity index is 2.84. The van der Waals surface area contributed by atoms with E-state index in [9.17, 15) is 4.79 Å². The molecule has 1 unspecified atom stereocenters. The van der Waals surface area contributed by atoms with Gasteiger partial charge in [0.05, 0.1) is 6.04 Å². The summed E-state index contributed by atoms with van der Waals surface area (Å²) in [7, 11) is 0. The van der Waals surface area contributed by atoms with Crippen LogP contribution in [0.4, 0.5) is 0 Å². The van der Waals surface area contributed by atoms with E-state index in [0.717, 1.165) is 18.5 Å². The first kappa shape index (κ1) is 14.9. The van der Waals surface area contributed by atoms with E-state index in [4.69, 9.17) is 0 Å². The number of likely N-dealkylation sites (N-methyl/N-ethyl adjacent to an activating group) is 1. The second kappa shape index (κ2) is 6.69. The van der Waals surface area contributed by atoms with Gasteiger partial charge in [-0.25, -0.2) is 0 Å². The fourth-order valence-corrected chi connectivity index (χ4v) is 2.38. The maximum atomic E-state index is 12.4. The maximum absolute atomic E-state index is 12.4. The highest BCUT2D eigenvalue weighted by Gasteiger charge is 2.23. The van der Waals surface area contributed by atoms with Crippen LogP contribution in [0.1, 0.15) is 50.5 Å². The van der Waals surface area contributed by atoms with Crippen LogP contribution in [0.3, 0.4) is 0 Å². The van der Waals surface area contributed by atoms with Gasteiger partial charge in [-0.2, -0.15) is 0 Å². The molecule has 100 valence electrons. The molecule has 0 aliphatic rings. The highest BCUT2D eigenvalue weighted by atomic mass is 16.1. The Morgan fingerprint density at radius 3 is 2.06 bits per heavy atom. The first-order valence-electron chi connectivity index (χ1n) is 6.90. The molecule has 0 aromatic heterocycles. The molecule has 0 radical (unpaired) electrons. The SMILES string of the molecule is CCc1ccc(C(=O)C(C)N(CC)C(C)C)cc1. The zero-order chi connectivity index (χ0) is 13.7. The fraction of sp³-hybridized carbons (Fsp3) is 0.562. The van der Waals surface area contributed by atoms with E-state index in [-0.39, 0.29) is 11.8 Å². The number of rotatable bonds is 6. The largest absolute Gasteiger partial charge is 0.292 e. The molecule has 1 rings (SSSR count). The van der Waals surface area contributed by atoms with Crippen LogP contribution < -0.4 is 0 Å². The summed E-state index contributed by atoms with van der Waals surface area (Å²) >= 11 is 0. The van der Waals surface area contributed by atoms with Crippen LogP contribution in [0.15, 0.2) is 24.3 Å². The molecular weight excluding hydrogens is 222 g/mol. The van der Waals surface area contributed by atoms with Gasteiger partial charge in [0.2, 0.25) is 0 Å². The summed E-state index contributed by atoms with van der Waals surface area (Å²) in [5.74, 6) is 0.216. The van der Waals surface area contributed by atoms with E-state index in [1.54, 1.807) is 0 Å². The normalized spacial score (nSPS) is 13.1. The minimum absolute atomic E-state index is 0.0533. The van der Waals surface area contributed by atoms with E-state index in [2.05, 4.69) is 32.6 Å². The van der Waals surface area contributed by atoms with Crippen molar-refractivity contribution in [1.82, 2.24) is 4.90 Å². The van der Waals surface area contributed by atoms with E-state index < -0.39 is 0 Å². The fourth-order valence-electron chi connectivity index (χ4n) is 2.38. The standard InChI is InChI=1S/C16H25NO/c1-6-14-8-10-15(11-9-14)16(18)13(5)17(7-2)12(3)4/h8-13H,6-7H2,1-5H3. The number of aryl methyl sites for hydroxylation is 1. The molecule has 2 nitrogen and oxygen atoms in total. The van der Waals surface area contributed by atoms with Crippen LogP contribution in [0.5, 0.6) is 0 Å². The molecule has 0 spiro atoms. The highest BCUT2D eigenvalue weighted by Crippen LogP contribution is 2.13. The Morgan fingerprint density at radius 1 is 1.11 bits per heavy atom. The Morgan fingerprint density at radius 2 is 1.67 bits per heavy atom. The van der Waals surface area contributed by atoms with E-state index in [0.29, 0.717) is 6.04 Å². The van der Waals surface area contributed by atoms with Crippen molar-refractivity contribution in [2.45, 2.75) is 53.1 Å². The summed E-state index contributed by atoms with van der Waals surface area (Å²) in [5, 5.41) is 0. The van der Waals surface area contributed by atoms with Crippen molar-refractivity contribution in [1.29, 1.82) is 0 Å². The minimum atomic E-state index is -0.0533. The van der Waals surface area contributed by atoms with Crippen molar-refractivity contribution >= 4 is 5.78 Å². The molecule has 0 saturated carbocycles.